The zero-order chi connectivity index (χ0) is 89.7. The van der Waals surface area contributed by atoms with Gasteiger partial charge >= 0.3 is 0 Å². The Labute approximate surface area is 788 Å². The van der Waals surface area contributed by atoms with Gasteiger partial charge in [-0.15, -0.1) is 0 Å². The van der Waals surface area contributed by atoms with Crippen molar-refractivity contribution in [2.45, 2.75) is 295 Å². The molecule has 0 unspecified atom stereocenters. The highest BCUT2D eigenvalue weighted by Gasteiger charge is 2.47. The maximum Gasteiger partial charge on any atom is 0.0384 e. The maximum absolute atomic E-state index is 3.84. The number of hydrogen-bond donors (Lipinski definition) is 1. The highest BCUT2D eigenvalue weighted by Crippen LogP contribution is 2.62. The molecule has 0 atom stereocenters. The quantitative estimate of drug-likeness (QED) is 0.0397. The summed E-state index contributed by atoms with van der Waals surface area (Å²) in [5.74, 6) is 0. The summed E-state index contributed by atoms with van der Waals surface area (Å²) < 4.78 is 1.19. The van der Waals surface area contributed by atoms with Crippen LogP contribution < -0.4 is 5.32 Å². The van der Waals surface area contributed by atoms with E-state index in [1.165, 1.54) is 351 Å². The molecule has 0 spiro atoms. The molecule has 0 fully saturated rings. The third kappa shape index (κ3) is 16.1. The topological polar surface area (TPSA) is 12.0 Å². The second kappa shape index (κ2) is 37.0. The normalized spacial score (nSPS) is 15.3. The van der Waals surface area contributed by atoms with Crippen LogP contribution in [0.5, 0.6) is 0 Å². The van der Waals surface area contributed by atoms with Gasteiger partial charge in [-0.1, -0.05) is 447 Å². The monoisotopic (exact) mass is 1770 g/mol. The van der Waals surface area contributed by atoms with Gasteiger partial charge in [0.2, 0.25) is 0 Å². The van der Waals surface area contributed by atoms with Crippen molar-refractivity contribution in [3.05, 3.63) is 344 Å². The SMILES string of the molecule is CC1(C)c2ccccc2-c2cc3c(cc21)-c1c(cc(Br)c2ccccc12)C3(C)C.CCCCCCCCC1(CCCCCCCC)c2ccccc2-c2ccc(-c3ccc4c(c3)C(C)(C)c3cc(-c5ccc(Nc6ccc(-c7ccc8c(c7)C(C)(C)c7cc(-c9ccc%10c(c9)C(CCCCCCCC)(CCCCCCCC)c9ccccc9-%10)ccc7-8)cc6)cc5)ccc3-4)cc21. The summed E-state index contributed by atoms with van der Waals surface area (Å²) in [6.07, 6.45) is 37.0. The van der Waals surface area contributed by atoms with Gasteiger partial charge in [0, 0.05) is 48.3 Å². The number of fused-ring (bicyclic) bond motifs is 20. The van der Waals surface area contributed by atoms with Crippen LogP contribution in [0.1, 0.15) is 330 Å². The van der Waals surface area contributed by atoms with Gasteiger partial charge in [-0.05, 0) is 293 Å². The number of hydrogen-bond acceptors (Lipinski definition) is 1. The largest absolute Gasteiger partial charge is 0.356 e. The van der Waals surface area contributed by atoms with E-state index in [1.54, 1.807) is 22.3 Å². The molecule has 0 saturated heterocycles. The van der Waals surface area contributed by atoms with Crippen LogP contribution in [-0.4, -0.2) is 0 Å². The molecule has 0 aromatic heterocycles. The molecule has 662 valence electrons. The first-order valence-corrected chi connectivity index (χ1v) is 51.6. The highest BCUT2D eigenvalue weighted by molar-refractivity contribution is 9.10. The van der Waals surface area contributed by atoms with Crippen molar-refractivity contribution in [2.24, 2.45) is 0 Å². The van der Waals surface area contributed by atoms with Gasteiger partial charge in [0.1, 0.15) is 0 Å². The summed E-state index contributed by atoms with van der Waals surface area (Å²) in [6, 6.07) is 106. The second-order valence-electron chi connectivity index (χ2n) is 42.0. The zero-order valence-electron chi connectivity index (χ0n) is 80.2. The Morgan fingerprint density at radius 1 is 0.200 bits per heavy atom. The number of rotatable bonds is 34. The summed E-state index contributed by atoms with van der Waals surface area (Å²) in [5.41, 5.74) is 47.1. The van der Waals surface area contributed by atoms with Crippen LogP contribution >= 0.6 is 15.9 Å². The maximum atomic E-state index is 3.84. The second-order valence-corrected chi connectivity index (χ2v) is 42.8. The van der Waals surface area contributed by atoms with Gasteiger partial charge in [-0.25, -0.2) is 0 Å². The lowest BCUT2D eigenvalue weighted by Gasteiger charge is -2.33. The van der Waals surface area contributed by atoms with Crippen molar-refractivity contribution in [3.8, 4) is 111 Å². The first-order valence-electron chi connectivity index (χ1n) is 50.8. The van der Waals surface area contributed by atoms with Crippen LogP contribution in [0.3, 0.4) is 0 Å². The van der Waals surface area contributed by atoms with Crippen LogP contribution in [0, 0.1) is 0 Å². The molecule has 14 aromatic carbocycles. The minimum absolute atomic E-state index is 0.0199. The number of anilines is 2. The molecule has 0 bridgehead atoms. The Kier molecular flexibility index (Phi) is 25.3. The zero-order valence-corrected chi connectivity index (χ0v) is 81.7. The van der Waals surface area contributed by atoms with Gasteiger partial charge in [-0.2, -0.15) is 0 Å². The predicted octanol–water partition coefficient (Wildman–Crippen LogP) is 38.5. The minimum atomic E-state index is -0.145. The van der Waals surface area contributed by atoms with Crippen molar-refractivity contribution in [1.29, 1.82) is 0 Å². The van der Waals surface area contributed by atoms with Gasteiger partial charge in [-0.3, -0.25) is 0 Å². The van der Waals surface area contributed by atoms with Crippen molar-refractivity contribution < 1.29 is 0 Å². The third-order valence-electron chi connectivity index (χ3n) is 32.4. The molecule has 0 aliphatic heterocycles. The van der Waals surface area contributed by atoms with E-state index in [2.05, 4.69) is 377 Å². The lowest BCUT2D eigenvalue weighted by Crippen LogP contribution is -2.25. The van der Waals surface area contributed by atoms with Crippen LogP contribution in [0.4, 0.5) is 11.4 Å². The Morgan fingerprint density at radius 3 is 0.831 bits per heavy atom. The molecule has 0 radical (unpaired) electrons. The summed E-state index contributed by atoms with van der Waals surface area (Å²) >= 11 is 3.84. The molecule has 0 saturated carbocycles. The van der Waals surface area contributed by atoms with E-state index in [-0.39, 0.29) is 32.5 Å². The Balaban J connectivity index is 0.000000316. The average molecular weight is 1770 g/mol. The van der Waals surface area contributed by atoms with Crippen molar-refractivity contribution in [3.63, 3.8) is 0 Å². The Bertz CT molecular complexity index is 6210. The van der Waals surface area contributed by atoms with E-state index < -0.39 is 0 Å². The fourth-order valence-corrected chi connectivity index (χ4v) is 25.6. The van der Waals surface area contributed by atoms with Gasteiger partial charge in [0.25, 0.3) is 0 Å². The minimum Gasteiger partial charge on any atom is -0.356 e. The Morgan fingerprint density at radius 2 is 0.454 bits per heavy atom. The van der Waals surface area contributed by atoms with Crippen LogP contribution in [0.15, 0.2) is 277 Å². The molecule has 0 amide bonds. The number of halogens is 1. The summed E-state index contributed by atoms with van der Waals surface area (Å²) in [4.78, 5) is 0. The van der Waals surface area contributed by atoms with E-state index in [4.69, 9.17) is 0 Å². The molecule has 130 heavy (non-hydrogen) atoms. The molecular formula is C128H138BrN. The molecule has 2 heteroatoms. The van der Waals surface area contributed by atoms with Gasteiger partial charge in [0.05, 0.1) is 0 Å². The number of benzene rings is 14. The van der Waals surface area contributed by atoms with Crippen molar-refractivity contribution in [1.82, 2.24) is 0 Å². The molecule has 0 heterocycles. The number of unbranched alkanes of at least 4 members (excludes halogenated alkanes) is 20. The molecular weight excluding hydrogens is 1630 g/mol. The molecule has 20 rings (SSSR count). The van der Waals surface area contributed by atoms with E-state index in [1.807, 2.05) is 0 Å². The molecule has 14 aromatic rings. The highest BCUT2D eigenvalue weighted by atomic mass is 79.9. The van der Waals surface area contributed by atoms with Crippen LogP contribution in [0.2, 0.25) is 0 Å². The summed E-state index contributed by atoms with van der Waals surface area (Å²) in [5, 5.41) is 6.38. The summed E-state index contributed by atoms with van der Waals surface area (Å²) in [6.45, 7) is 28.6. The molecule has 6 aliphatic carbocycles. The van der Waals surface area contributed by atoms with Crippen LogP contribution in [-0.2, 0) is 32.5 Å². The first-order chi connectivity index (χ1) is 63.2. The molecule has 1 nitrogen and oxygen atoms in total. The lowest BCUT2D eigenvalue weighted by atomic mass is 9.70. The van der Waals surface area contributed by atoms with Crippen molar-refractivity contribution >= 4 is 38.1 Å². The smallest absolute Gasteiger partial charge is 0.0384 e. The lowest BCUT2D eigenvalue weighted by molar-refractivity contribution is 0.398. The van der Waals surface area contributed by atoms with E-state index in [0.717, 1.165) is 11.4 Å². The Hall–Kier alpha value is -10.4. The van der Waals surface area contributed by atoms with Gasteiger partial charge < -0.3 is 5.32 Å². The fraction of sp³-hybridized carbons (Fsp3) is 0.359. The predicted molar refractivity (Wildman–Crippen MR) is 564 cm³/mol. The average Bonchev–Trinajstić information content (AvgIpc) is 1.53. The molecule has 1 N–H and O–H groups in total. The third-order valence-corrected chi connectivity index (χ3v) is 33.1. The van der Waals surface area contributed by atoms with E-state index in [0.29, 0.717) is 0 Å². The number of nitrogens with one attached hydrogen (secondary N) is 1. The first kappa shape index (κ1) is 88.9. The van der Waals surface area contributed by atoms with Crippen molar-refractivity contribution in [2.75, 3.05) is 5.32 Å². The van der Waals surface area contributed by atoms with E-state index in [9.17, 15) is 0 Å². The molecule has 6 aliphatic rings. The standard InChI is InChI=1S/C100H115N.C28H23Br/c1-9-13-17-21-25-33-61-99(62-34-26-22-18-14-10-2)89-39-31-29-37-81(89)87-59-49-77(69-95(87)99)75-47-57-85-83-55-45-73(65-91(83)97(5,6)93(85)67-75)71-41-51-79(52-42-71)101-80-53-43-72(44-54-80)74-46-56-84-86-58-48-76(68-94(86)98(7,8)92(84)66-74)78-50-60-88-82-38-30-32-40-90(82)100(96(88)70-78,63-35-27-23-19-15-11-3)64-36-28-24-20-16-12-4;1-27(2)21-12-8-7-9-16(21)19-13-23-20(14-22(19)27)26-18-11-6-5-10-17(18)25(29)15-24(26)28(23,3)4/h29-32,37-60,65-70,101H,9-28,33-36,61-64H2,1-8H3;5-15H,1-4H3. The fourth-order valence-electron chi connectivity index (χ4n) is 25.0. The van der Waals surface area contributed by atoms with Crippen LogP contribution in [0.25, 0.3) is 122 Å². The summed E-state index contributed by atoms with van der Waals surface area (Å²) in [7, 11) is 0. The van der Waals surface area contributed by atoms with E-state index >= 15 is 0 Å². The van der Waals surface area contributed by atoms with Gasteiger partial charge in [0.15, 0.2) is 0 Å².